The van der Waals surface area contributed by atoms with Gasteiger partial charge in [0.25, 0.3) is 0 Å². The number of nitriles is 1. The van der Waals surface area contributed by atoms with Gasteiger partial charge >= 0.3 is 5.97 Å². The molecule has 19 heavy (non-hydrogen) atoms. The van der Waals surface area contributed by atoms with Gasteiger partial charge in [-0.15, -0.1) is 0 Å². The molecular weight excluding hydrogens is 240 g/mol. The average molecular weight is 258 g/mol. The Balaban J connectivity index is 2.60. The first-order valence-electron chi connectivity index (χ1n) is 6.25. The maximum Gasteiger partial charge on any atom is 0.328 e. The standard InChI is InChI=1S/C15H18N2O2/c1-2-17(11-3-10-16)12-14-6-4-13(5-7-14)8-9-15(18)19/h4-9H,2-3,11-12H2,1H3,(H,18,19). The van der Waals surface area contributed by atoms with Crippen molar-refractivity contribution in [1.29, 1.82) is 5.26 Å². The zero-order valence-corrected chi connectivity index (χ0v) is 11.0. The Morgan fingerprint density at radius 1 is 1.42 bits per heavy atom. The summed E-state index contributed by atoms with van der Waals surface area (Å²) in [4.78, 5) is 12.6. The summed E-state index contributed by atoms with van der Waals surface area (Å²) >= 11 is 0. The number of carboxylic acid groups (broad SMARTS) is 1. The molecule has 0 saturated heterocycles. The number of carbonyl (C=O) groups is 1. The third-order valence-corrected chi connectivity index (χ3v) is 2.79. The van der Waals surface area contributed by atoms with E-state index in [1.807, 2.05) is 24.3 Å². The second kappa shape index (κ2) is 8.06. The summed E-state index contributed by atoms with van der Waals surface area (Å²) in [6.07, 6.45) is 3.23. The summed E-state index contributed by atoms with van der Waals surface area (Å²) in [5.74, 6) is -0.947. The van der Waals surface area contributed by atoms with E-state index in [0.717, 1.165) is 36.8 Å². The summed E-state index contributed by atoms with van der Waals surface area (Å²) in [6, 6.07) is 9.91. The summed E-state index contributed by atoms with van der Waals surface area (Å²) in [5, 5.41) is 17.1. The third-order valence-electron chi connectivity index (χ3n) is 2.79. The van der Waals surface area contributed by atoms with E-state index < -0.39 is 5.97 Å². The van der Waals surface area contributed by atoms with Crippen molar-refractivity contribution in [2.45, 2.75) is 19.9 Å². The molecule has 0 radical (unpaired) electrons. The minimum atomic E-state index is -0.947. The van der Waals surface area contributed by atoms with Gasteiger partial charge in [-0.3, -0.25) is 4.90 Å². The Kier molecular flexibility index (Phi) is 6.34. The molecule has 0 unspecified atom stereocenters. The van der Waals surface area contributed by atoms with Crippen molar-refractivity contribution >= 4 is 12.0 Å². The van der Waals surface area contributed by atoms with Crippen molar-refractivity contribution in [3.63, 3.8) is 0 Å². The van der Waals surface area contributed by atoms with E-state index in [9.17, 15) is 4.79 Å². The lowest BCUT2D eigenvalue weighted by atomic mass is 10.1. The van der Waals surface area contributed by atoms with Crippen molar-refractivity contribution in [3.05, 3.63) is 41.5 Å². The van der Waals surface area contributed by atoms with Gasteiger partial charge < -0.3 is 5.11 Å². The fraction of sp³-hybridized carbons (Fsp3) is 0.333. The fourth-order valence-electron chi connectivity index (χ4n) is 1.72. The van der Waals surface area contributed by atoms with Crippen molar-refractivity contribution < 1.29 is 9.90 Å². The largest absolute Gasteiger partial charge is 0.478 e. The van der Waals surface area contributed by atoms with Gasteiger partial charge in [0.1, 0.15) is 0 Å². The van der Waals surface area contributed by atoms with E-state index in [0.29, 0.717) is 6.42 Å². The molecule has 1 aromatic rings. The van der Waals surface area contributed by atoms with Gasteiger partial charge in [-0.1, -0.05) is 31.2 Å². The normalized spacial score (nSPS) is 10.8. The molecule has 0 saturated carbocycles. The van der Waals surface area contributed by atoms with Crippen LogP contribution in [0.1, 0.15) is 24.5 Å². The summed E-state index contributed by atoms with van der Waals surface area (Å²) in [7, 11) is 0. The summed E-state index contributed by atoms with van der Waals surface area (Å²) < 4.78 is 0. The van der Waals surface area contributed by atoms with E-state index in [2.05, 4.69) is 17.9 Å². The molecule has 0 aliphatic heterocycles. The molecule has 0 aliphatic rings. The minimum absolute atomic E-state index is 0.535. The SMILES string of the molecule is CCN(CCC#N)Cc1ccc(C=CC(=O)O)cc1. The average Bonchev–Trinajstić information content (AvgIpc) is 2.42. The van der Waals surface area contributed by atoms with Gasteiger partial charge in [0.2, 0.25) is 0 Å². The quantitative estimate of drug-likeness (QED) is 0.763. The topological polar surface area (TPSA) is 64.3 Å². The smallest absolute Gasteiger partial charge is 0.328 e. The molecule has 0 spiro atoms. The molecule has 0 amide bonds. The minimum Gasteiger partial charge on any atom is -0.478 e. The summed E-state index contributed by atoms with van der Waals surface area (Å²) in [5.41, 5.74) is 2.03. The highest BCUT2D eigenvalue weighted by Crippen LogP contribution is 2.09. The van der Waals surface area contributed by atoms with Crippen LogP contribution >= 0.6 is 0 Å². The highest BCUT2D eigenvalue weighted by atomic mass is 16.4. The van der Waals surface area contributed by atoms with Crippen LogP contribution in [-0.4, -0.2) is 29.1 Å². The Morgan fingerprint density at radius 3 is 2.63 bits per heavy atom. The van der Waals surface area contributed by atoms with Crippen LogP contribution in [0.3, 0.4) is 0 Å². The maximum absolute atomic E-state index is 10.4. The van der Waals surface area contributed by atoms with E-state index in [4.69, 9.17) is 10.4 Å². The van der Waals surface area contributed by atoms with Crippen LogP contribution in [0, 0.1) is 11.3 Å². The van der Waals surface area contributed by atoms with E-state index in [1.54, 1.807) is 6.08 Å². The predicted octanol–water partition coefficient (Wildman–Crippen LogP) is 2.52. The molecule has 1 rings (SSSR count). The molecule has 100 valence electrons. The Labute approximate surface area is 113 Å². The van der Waals surface area contributed by atoms with Crippen molar-refractivity contribution in [1.82, 2.24) is 4.90 Å². The Bertz CT molecular complexity index is 472. The second-order valence-electron chi connectivity index (χ2n) is 4.19. The predicted molar refractivity (Wildman–Crippen MR) is 74.3 cm³/mol. The van der Waals surface area contributed by atoms with Crippen molar-refractivity contribution in [2.75, 3.05) is 13.1 Å². The van der Waals surface area contributed by atoms with E-state index >= 15 is 0 Å². The third kappa shape index (κ3) is 5.84. The number of nitrogens with zero attached hydrogens (tertiary/aromatic N) is 2. The monoisotopic (exact) mass is 258 g/mol. The number of rotatable bonds is 7. The van der Waals surface area contributed by atoms with Gasteiger partial charge in [0.15, 0.2) is 0 Å². The molecule has 4 nitrogen and oxygen atoms in total. The van der Waals surface area contributed by atoms with Gasteiger partial charge in [-0.05, 0) is 23.7 Å². The first-order valence-corrected chi connectivity index (χ1v) is 6.25. The Hall–Kier alpha value is -2.12. The lowest BCUT2D eigenvalue weighted by molar-refractivity contribution is -0.131. The lowest BCUT2D eigenvalue weighted by Crippen LogP contribution is -2.23. The first kappa shape index (κ1) is 14.9. The van der Waals surface area contributed by atoms with Gasteiger partial charge in [0, 0.05) is 25.6 Å². The molecule has 0 aromatic heterocycles. The molecule has 4 heteroatoms. The molecule has 0 aliphatic carbocycles. The van der Waals surface area contributed by atoms with Crippen LogP contribution in [-0.2, 0) is 11.3 Å². The fourth-order valence-corrected chi connectivity index (χ4v) is 1.72. The number of hydrogen-bond acceptors (Lipinski definition) is 3. The van der Waals surface area contributed by atoms with Gasteiger partial charge in [-0.25, -0.2) is 4.79 Å². The van der Waals surface area contributed by atoms with Crippen LogP contribution in [0.15, 0.2) is 30.3 Å². The van der Waals surface area contributed by atoms with Crippen LogP contribution in [0.5, 0.6) is 0 Å². The Morgan fingerprint density at radius 2 is 2.11 bits per heavy atom. The van der Waals surface area contributed by atoms with Crippen LogP contribution in [0.2, 0.25) is 0 Å². The second-order valence-corrected chi connectivity index (χ2v) is 4.19. The van der Waals surface area contributed by atoms with E-state index in [-0.39, 0.29) is 0 Å². The van der Waals surface area contributed by atoms with Crippen LogP contribution < -0.4 is 0 Å². The molecule has 0 bridgehead atoms. The highest BCUT2D eigenvalue weighted by Gasteiger charge is 2.03. The summed E-state index contributed by atoms with van der Waals surface area (Å²) in [6.45, 7) is 4.55. The number of aliphatic carboxylic acids is 1. The van der Waals surface area contributed by atoms with Crippen molar-refractivity contribution in [3.8, 4) is 6.07 Å². The zero-order chi connectivity index (χ0) is 14.1. The molecular formula is C15H18N2O2. The molecule has 1 N–H and O–H groups in total. The number of benzene rings is 1. The lowest BCUT2D eigenvalue weighted by Gasteiger charge is -2.18. The molecule has 0 atom stereocenters. The highest BCUT2D eigenvalue weighted by molar-refractivity contribution is 5.85. The zero-order valence-electron chi connectivity index (χ0n) is 11.0. The van der Waals surface area contributed by atoms with E-state index in [1.165, 1.54) is 0 Å². The molecule has 0 fully saturated rings. The van der Waals surface area contributed by atoms with Gasteiger partial charge in [0.05, 0.1) is 6.07 Å². The maximum atomic E-state index is 10.4. The first-order chi connectivity index (χ1) is 9.15. The molecule has 0 heterocycles. The van der Waals surface area contributed by atoms with Crippen molar-refractivity contribution in [2.24, 2.45) is 0 Å². The van der Waals surface area contributed by atoms with Gasteiger partial charge in [-0.2, -0.15) is 5.26 Å². The van der Waals surface area contributed by atoms with Crippen LogP contribution in [0.25, 0.3) is 6.08 Å². The number of carboxylic acids is 1. The number of hydrogen-bond donors (Lipinski definition) is 1. The molecule has 1 aromatic carbocycles. The van der Waals surface area contributed by atoms with Crippen LogP contribution in [0.4, 0.5) is 0 Å².